The van der Waals surface area contributed by atoms with E-state index in [4.69, 9.17) is 0 Å². The maximum absolute atomic E-state index is 4.58. The molecule has 0 unspecified atom stereocenters. The summed E-state index contributed by atoms with van der Waals surface area (Å²) in [6, 6.07) is 0.729. The lowest BCUT2D eigenvalue weighted by atomic mass is 10.2. The summed E-state index contributed by atoms with van der Waals surface area (Å²) in [6.45, 7) is 14.2. The summed E-state index contributed by atoms with van der Waals surface area (Å²) in [6.07, 6.45) is 2.69. The van der Waals surface area contributed by atoms with Gasteiger partial charge in [-0.1, -0.05) is 6.92 Å². The molecule has 0 aromatic carbocycles. The monoisotopic (exact) mass is 264 g/mol. The summed E-state index contributed by atoms with van der Waals surface area (Å²) < 4.78 is 2.10. The van der Waals surface area contributed by atoms with Crippen molar-refractivity contribution in [3.05, 3.63) is 17.0 Å². The van der Waals surface area contributed by atoms with Gasteiger partial charge in [-0.3, -0.25) is 9.58 Å². The fourth-order valence-electron chi connectivity index (χ4n) is 3.20. The molecule has 0 saturated carbocycles. The molecule has 2 rings (SSSR count). The van der Waals surface area contributed by atoms with Crippen molar-refractivity contribution in [1.82, 2.24) is 20.0 Å². The maximum Gasteiger partial charge on any atom is 0.0641 e. The molecule has 19 heavy (non-hydrogen) atoms. The molecule has 0 amide bonds. The number of hydrogen-bond acceptors (Lipinski definition) is 3. The number of rotatable bonds is 6. The van der Waals surface area contributed by atoms with Gasteiger partial charge < -0.3 is 5.32 Å². The van der Waals surface area contributed by atoms with Crippen LogP contribution in [0.25, 0.3) is 0 Å². The number of nitrogens with one attached hydrogen (secondary N) is 1. The summed E-state index contributed by atoms with van der Waals surface area (Å²) in [4.78, 5) is 2.59. The molecule has 0 radical (unpaired) electrons. The average Bonchev–Trinajstić information content (AvgIpc) is 2.96. The van der Waals surface area contributed by atoms with Crippen LogP contribution >= 0.6 is 0 Å². The van der Waals surface area contributed by atoms with Crippen molar-refractivity contribution in [2.24, 2.45) is 0 Å². The maximum atomic E-state index is 4.58. The van der Waals surface area contributed by atoms with E-state index in [9.17, 15) is 0 Å². The number of likely N-dealkylation sites (tertiary alicyclic amines) is 1. The van der Waals surface area contributed by atoms with Crippen LogP contribution in [0.2, 0.25) is 0 Å². The van der Waals surface area contributed by atoms with Crippen LogP contribution in [0.4, 0.5) is 0 Å². The van der Waals surface area contributed by atoms with E-state index >= 15 is 0 Å². The van der Waals surface area contributed by atoms with Crippen LogP contribution < -0.4 is 5.32 Å². The van der Waals surface area contributed by atoms with Crippen molar-refractivity contribution in [2.45, 2.75) is 59.7 Å². The number of nitrogens with zero attached hydrogens (tertiary/aromatic N) is 3. The predicted octanol–water partition coefficient (Wildman–Crippen LogP) is 2.09. The van der Waals surface area contributed by atoms with E-state index in [0.29, 0.717) is 0 Å². The Morgan fingerprint density at radius 2 is 2.05 bits per heavy atom. The smallest absolute Gasteiger partial charge is 0.0641 e. The van der Waals surface area contributed by atoms with Crippen LogP contribution in [0.1, 0.15) is 43.6 Å². The third-order valence-electron chi connectivity index (χ3n) is 4.42. The molecule has 0 bridgehead atoms. The molecule has 1 aliphatic rings. The van der Waals surface area contributed by atoms with E-state index in [-0.39, 0.29) is 0 Å². The van der Waals surface area contributed by atoms with E-state index < -0.39 is 0 Å². The lowest BCUT2D eigenvalue weighted by molar-refractivity contribution is 0.260. The zero-order valence-corrected chi connectivity index (χ0v) is 12.9. The van der Waals surface area contributed by atoms with Gasteiger partial charge in [0.25, 0.3) is 0 Å². The highest BCUT2D eigenvalue weighted by Crippen LogP contribution is 2.16. The van der Waals surface area contributed by atoms with Crippen LogP contribution in [-0.4, -0.2) is 40.4 Å². The highest BCUT2D eigenvalue weighted by molar-refractivity contribution is 5.24. The Hall–Kier alpha value is -0.870. The lowest BCUT2D eigenvalue weighted by Gasteiger charge is -2.23. The summed E-state index contributed by atoms with van der Waals surface area (Å²) in [7, 11) is 0. The normalized spacial score (nSPS) is 20.3. The summed E-state index contributed by atoms with van der Waals surface area (Å²) >= 11 is 0. The zero-order valence-electron chi connectivity index (χ0n) is 12.9. The van der Waals surface area contributed by atoms with Crippen molar-refractivity contribution in [1.29, 1.82) is 0 Å². The largest absolute Gasteiger partial charge is 0.311 e. The molecule has 4 heteroatoms. The molecule has 2 heterocycles. The minimum atomic E-state index is 0.729. The molecular formula is C15H28N4. The Bertz CT molecular complexity index is 411. The Morgan fingerprint density at radius 3 is 2.68 bits per heavy atom. The Balaban J connectivity index is 1.87. The standard InChI is InChI=1S/C15H28N4/c1-5-18-9-7-8-14(18)10-16-11-15-12(3)17-19(6-2)13(15)4/h14,16H,5-11H2,1-4H3/t14-/m0/s1. The van der Waals surface area contributed by atoms with Crippen LogP contribution in [0.5, 0.6) is 0 Å². The second kappa shape index (κ2) is 6.53. The first kappa shape index (κ1) is 14.5. The highest BCUT2D eigenvalue weighted by Gasteiger charge is 2.22. The molecule has 4 nitrogen and oxygen atoms in total. The molecule has 108 valence electrons. The van der Waals surface area contributed by atoms with Crippen molar-refractivity contribution < 1.29 is 0 Å². The number of aromatic nitrogens is 2. The lowest BCUT2D eigenvalue weighted by Crippen LogP contribution is -2.37. The molecule has 1 saturated heterocycles. The van der Waals surface area contributed by atoms with Gasteiger partial charge >= 0.3 is 0 Å². The fraction of sp³-hybridized carbons (Fsp3) is 0.800. The number of hydrogen-bond donors (Lipinski definition) is 1. The molecule has 1 N–H and O–H groups in total. The van der Waals surface area contributed by atoms with Crippen molar-refractivity contribution in [2.75, 3.05) is 19.6 Å². The van der Waals surface area contributed by atoms with E-state index in [1.165, 1.54) is 42.9 Å². The van der Waals surface area contributed by atoms with Gasteiger partial charge in [0.05, 0.1) is 5.69 Å². The predicted molar refractivity (Wildman–Crippen MR) is 79.4 cm³/mol. The van der Waals surface area contributed by atoms with Crippen LogP contribution in [0, 0.1) is 13.8 Å². The number of likely N-dealkylation sites (N-methyl/N-ethyl adjacent to an activating group) is 1. The van der Waals surface area contributed by atoms with Gasteiger partial charge in [-0.25, -0.2) is 0 Å². The molecule has 1 aromatic rings. The second-order valence-corrected chi connectivity index (χ2v) is 5.52. The van der Waals surface area contributed by atoms with Crippen molar-refractivity contribution >= 4 is 0 Å². The molecule has 1 aliphatic heterocycles. The first-order valence-corrected chi connectivity index (χ1v) is 7.65. The van der Waals surface area contributed by atoms with E-state index in [2.05, 4.69) is 47.7 Å². The first-order valence-electron chi connectivity index (χ1n) is 7.65. The molecule has 1 fully saturated rings. The minimum absolute atomic E-state index is 0.729. The van der Waals surface area contributed by atoms with Gasteiger partial charge in [-0.15, -0.1) is 0 Å². The molecule has 0 spiro atoms. The SMILES string of the molecule is CCN1CCC[C@H]1CNCc1c(C)nn(CC)c1C. The Morgan fingerprint density at radius 1 is 1.26 bits per heavy atom. The summed E-state index contributed by atoms with van der Waals surface area (Å²) in [5, 5.41) is 8.21. The van der Waals surface area contributed by atoms with Crippen molar-refractivity contribution in [3.63, 3.8) is 0 Å². The van der Waals surface area contributed by atoms with Gasteiger partial charge in [0, 0.05) is 36.9 Å². The fourth-order valence-corrected chi connectivity index (χ4v) is 3.20. The van der Waals surface area contributed by atoms with E-state index in [1.54, 1.807) is 0 Å². The van der Waals surface area contributed by atoms with E-state index in [1.807, 2.05) is 0 Å². The topological polar surface area (TPSA) is 33.1 Å². The third-order valence-corrected chi connectivity index (χ3v) is 4.42. The van der Waals surface area contributed by atoms with Gasteiger partial charge in [-0.2, -0.15) is 5.10 Å². The first-order chi connectivity index (χ1) is 9.17. The van der Waals surface area contributed by atoms with Crippen LogP contribution in [-0.2, 0) is 13.1 Å². The molecule has 1 atom stereocenters. The third kappa shape index (κ3) is 3.18. The van der Waals surface area contributed by atoms with Gasteiger partial charge in [-0.05, 0) is 46.7 Å². The van der Waals surface area contributed by atoms with E-state index in [0.717, 1.165) is 25.7 Å². The van der Waals surface area contributed by atoms with Crippen molar-refractivity contribution in [3.8, 4) is 0 Å². The van der Waals surface area contributed by atoms with Gasteiger partial charge in [0.1, 0.15) is 0 Å². The summed E-state index contributed by atoms with van der Waals surface area (Å²) in [5.74, 6) is 0. The minimum Gasteiger partial charge on any atom is -0.311 e. The summed E-state index contributed by atoms with van der Waals surface area (Å²) in [5.41, 5.74) is 3.86. The van der Waals surface area contributed by atoms with Crippen LogP contribution in [0.3, 0.4) is 0 Å². The van der Waals surface area contributed by atoms with Gasteiger partial charge in [0.15, 0.2) is 0 Å². The van der Waals surface area contributed by atoms with Crippen LogP contribution in [0.15, 0.2) is 0 Å². The molecular weight excluding hydrogens is 236 g/mol. The Labute approximate surface area is 117 Å². The Kier molecular flexibility index (Phi) is 4.99. The second-order valence-electron chi connectivity index (χ2n) is 5.52. The zero-order chi connectivity index (χ0) is 13.8. The number of aryl methyl sites for hydroxylation is 2. The molecule has 1 aromatic heterocycles. The average molecular weight is 264 g/mol. The molecule has 0 aliphatic carbocycles. The highest BCUT2D eigenvalue weighted by atomic mass is 15.3. The quantitative estimate of drug-likeness (QED) is 0.854. The van der Waals surface area contributed by atoms with Gasteiger partial charge in [0.2, 0.25) is 0 Å².